The van der Waals surface area contributed by atoms with Gasteiger partial charge in [0.15, 0.2) is 5.76 Å². The normalized spacial score (nSPS) is 13.7. The number of allylic oxidation sites excluding steroid dienone is 2. The number of aryl methyl sites for hydroxylation is 1. The van der Waals surface area contributed by atoms with Crippen molar-refractivity contribution in [3.05, 3.63) is 66.0 Å². The summed E-state index contributed by atoms with van der Waals surface area (Å²) in [4.78, 5) is 11.9. The molecule has 4 nitrogen and oxygen atoms in total. The maximum absolute atomic E-state index is 11.9. The molecule has 2 aromatic rings. The second-order valence-corrected chi connectivity index (χ2v) is 5.24. The summed E-state index contributed by atoms with van der Waals surface area (Å²) in [6.07, 6.45) is 8.47. The van der Waals surface area contributed by atoms with Gasteiger partial charge in [0.1, 0.15) is 5.69 Å². The van der Waals surface area contributed by atoms with Gasteiger partial charge in [-0.25, -0.2) is 0 Å². The summed E-state index contributed by atoms with van der Waals surface area (Å²) in [7, 11) is 0. The van der Waals surface area contributed by atoms with Crippen LogP contribution < -0.4 is 5.32 Å². The highest BCUT2D eigenvalue weighted by Crippen LogP contribution is 2.20. The van der Waals surface area contributed by atoms with Crippen molar-refractivity contribution >= 4 is 5.91 Å². The Hall–Kier alpha value is -2.62. The average molecular weight is 294 g/mol. The second kappa shape index (κ2) is 6.43. The highest BCUT2D eigenvalue weighted by molar-refractivity contribution is 5.83. The Morgan fingerprint density at radius 1 is 1.23 bits per heavy atom. The predicted molar refractivity (Wildman–Crippen MR) is 84.9 cm³/mol. The van der Waals surface area contributed by atoms with Gasteiger partial charge in [-0.15, -0.1) is 0 Å². The van der Waals surface area contributed by atoms with E-state index in [9.17, 15) is 4.79 Å². The largest absolute Gasteiger partial charge is 0.359 e. The molecule has 1 aromatic heterocycles. The molecule has 0 fully saturated rings. The highest BCUT2D eigenvalue weighted by atomic mass is 16.5. The van der Waals surface area contributed by atoms with Crippen LogP contribution in [0, 0.1) is 5.92 Å². The average Bonchev–Trinajstić information content (AvgIpc) is 3.24. The van der Waals surface area contributed by atoms with E-state index in [4.69, 9.17) is 4.52 Å². The van der Waals surface area contributed by atoms with Gasteiger partial charge in [0, 0.05) is 11.6 Å². The van der Waals surface area contributed by atoms with E-state index in [1.165, 1.54) is 5.56 Å². The number of aromatic nitrogens is 1. The third kappa shape index (κ3) is 3.17. The molecule has 0 aliphatic heterocycles. The lowest BCUT2D eigenvalue weighted by Gasteiger charge is -2.05. The third-order valence-corrected chi connectivity index (χ3v) is 3.70. The number of nitrogens with zero attached hydrogens (tertiary/aromatic N) is 1. The van der Waals surface area contributed by atoms with Crippen molar-refractivity contribution in [3.8, 4) is 11.3 Å². The number of hydrogen-bond donors (Lipinski definition) is 1. The summed E-state index contributed by atoms with van der Waals surface area (Å²) < 4.78 is 5.29. The van der Waals surface area contributed by atoms with Gasteiger partial charge in [-0.05, 0) is 12.0 Å². The smallest absolute Gasteiger partial charge is 0.231 e. The molecule has 0 saturated carbocycles. The number of nitrogens with one attached hydrogen (secondary N) is 1. The van der Waals surface area contributed by atoms with Crippen LogP contribution in [0.3, 0.4) is 0 Å². The van der Waals surface area contributed by atoms with Crippen molar-refractivity contribution < 1.29 is 9.32 Å². The van der Waals surface area contributed by atoms with Crippen molar-refractivity contribution in [1.29, 1.82) is 0 Å². The number of rotatable bonds is 5. The van der Waals surface area contributed by atoms with Gasteiger partial charge in [-0.1, -0.05) is 60.6 Å². The molecule has 22 heavy (non-hydrogen) atoms. The van der Waals surface area contributed by atoms with Crippen LogP contribution in [-0.2, 0) is 17.8 Å². The summed E-state index contributed by atoms with van der Waals surface area (Å²) in [6, 6.07) is 10.1. The highest BCUT2D eigenvalue weighted by Gasteiger charge is 2.14. The fourth-order valence-electron chi connectivity index (χ4n) is 2.34. The first-order chi connectivity index (χ1) is 10.8. The molecular formula is C18H18N2O2. The van der Waals surface area contributed by atoms with Crippen LogP contribution in [-0.4, -0.2) is 11.1 Å². The molecule has 1 N–H and O–H groups in total. The van der Waals surface area contributed by atoms with E-state index < -0.39 is 0 Å². The lowest BCUT2D eigenvalue weighted by Crippen LogP contribution is -2.27. The van der Waals surface area contributed by atoms with Gasteiger partial charge >= 0.3 is 0 Å². The summed E-state index contributed by atoms with van der Waals surface area (Å²) in [5.41, 5.74) is 3.09. The number of carbonyl (C=O) groups is 1. The van der Waals surface area contributed by atoms with E-state index in [1.54, 1.807) is 0 Å². The van der Waals surface area contributed by atoms with Gasteiger partial charge in [-0.2, -0.15) is 0 Å². The lowest BCUT2D eigenvalue weighted by atomic mass is 10.1. The zero-order chi connectivity index (χ0) is 15.4. The van der Waals surface area contributed by atoms with Crippen LogP contribution in [0.1, 0.15) is 18.2 Å². The van der Waals surface area contributed by atoms with Crippen LogP contribution in [0.25, 0.3) is 11.3 Å². The Morgan fingerprint density at radius 2 is 1.95 bits per heavy atom. The topological polar surface area (TPSA) is 55.1 Å². The van der Waals surface area contributed by atoms with E-state index in [-0.39, 0.29) is 11.8 Å². The van der Waals surface area contributed by atoms with Gasteiger partial charge in [0.05, 0.1) is 12.5 Å². The van der Waals surface area contributed by atoms with Crippen LogP contribution >= 0.6 is 0 Å². The first-order valence-corrected chi connectivity index (χ1v) is 7.44. The molecular weight excluding hydrogens is 276 g/mol. The maximum Gasteiger partial charge on any atom is 0.231 e. The predicted octanol–water partition coefficient (Wildman–Crippen LogP) is 3.26. The van der Waals surface area contributed by atoms with Crippen LogP contribution in [0.2, 0.25) is 0 Å². The summed E-state index contributed by atoms with van der Waals surface area (Å²) in [5, 5.41) is 6.91. The van der Waals surface area contributed by atoms with Crippen molar-refractivity contribution in [1.82, 2.24) is 10.5 Å². The molecule has 0 spiro atoms. The monoisotopic (exact) mass is 294 g/mol. The minimum Gasteiger partial charge on any atom is -0.359 e. The van der Waals surface area contributed by atoms with E-state index >= 15 is 0 Å². The molecule has 4 heteroatoms. The van der Waals surface area contributed by atoms with Crippen molar-refractivity contribution in [2.75, 3.05) is 0 Å². The molecule has 1 aliphatic rings. The van der Waals surface area contributed by atoms with Gasteiger partial charge in [0.25, 0.3) is 0 Å². The number of hydrogen-bond acceptors (Lipinski definition) is 3. The first kappa shape index (κ1) is 14.3. The SMILES string of the molecule is CCc1ccc(-c2cc(CNC(=O)C3C=CC=C3)on2)cc1. The fraction of sp³-hybridized carbons (Fsp3) is 0.222. The van der Waals surface area contributed by atoms with E-state index in [2.05, 4.69) is 29.5 Å². The minimum atomic E-state index is -0.177. The molecule has 0 bridgehead atoms. The summed E-state index contributed by atoms with van der Waals surface area (Å²) >= 11 is 0. The second-order valence-electron chi connectivity index (χ2n) is 5.24. The number of carbonyl (C=O) groups excluding carboxylic acids is 1. The molecule has 1 heterocycles. The van der Waals surface area contributed by atoms with Gasteiger partial charge in [0.2, 0.25) is 5.91 Å². The van der Waals surface area contributed by atoms with Crippen LogP contribution in [0.5, 0.6) is 0 Å². The van der Waals surface area contributed by atoms with Crippen LogP contribution in [0.4, 0.5) is 0 Å². The Balaban J connectivity index is 1.62. The zero-order valence-corrected chi connectivity index (χ0v) is 12.5. The van der Waals surface area contributed by atoms with E-state index in [1.807, 2.05) is 42.5 Å². The zero-order valence-electron chi connectivity index (χ0n) is 12.5. The van der Waals surface area contributed by atoms with Gasteiger partial charge < -0.3 is 9.84 Å². The molecule has 0 atom stereocenters. The minimum absolute atomic E-state index is 0.0322. The Kier molecular flexibility index (Phi) is 4.19. The Morgan fingerprint density at radius 3 is 2.64 bits per heavy atom. The third-order valence-electron chi connectivity index (χ3n) is 3.70. The standard InChI is InChI=1S/C18H18N2O2/c1-2-13-7-9-14(10-8-13)17-11-16(22-20-17)12-19-18(21)15-5-3-4-6-15/h3-11,15H,2,12H2,1H3,(H,19,21). The number of amides is 1. The molecule has 0 radical (unpaired) electrons. The molecule has 0 unspecified atom stereocenters. The maximum atomic E-state index is 11.9. The van der Waals surface area contributed by atoms with Crippen molar-refractivity contribution in [2.24, 2.45) is 5.92 Å². The fourth-order valence-corrected chi connectivity index (χ4v) is 2.34. The summed E-state index contributed by atoms with van der Waals surface area (Å²) in [5.74, 6) is 0.438. The van der Waals surface area contributed by atoms with Crippen molar-refractivity contribution in [3.63, 3.8) is 0 Å². The molecule has 0 saturated heterocycles. The number of benzene rings is 1. The molecule has 112 valence electrons. The van der Waals surface area contributed by atoms with E-state index in [0.29, 0.717) is 12.3 Å². The summed E-state index contributed by atoms with van der Waals surface area (Å²) in [6.45, 7) is 2.47. The molecule has 1 aromatic carbocycles. The molecule has 1 amide bonds. The molecule has 3 rings (SSSR count). The Labute approximate surface area is 129 Å². The first-order valence-electron chi connectivity index (χ1n) is 7.44. The van der Waals surface area contributed by atoms with Crippen molar-refractivity contribution in [2.45, 2.75) is 19.9 Å². The quantitative estimate of drug-likeness (QED) is 0.921. The lowest BCUT2D eigenvalue weighted by molar-refractivity contribution is -0.122. The van der Waals surface area contributed by atoms with Gasteiger partial charge in [-0.3, -0.25) is 4.79 Å². The van der Waals surface area contributed by atoms with E-state index in [0.717, 1.165) is 17.7 Å². The molecule has 1 aliphatic carbocycles. The Bertz CT molecular complexity index is 699. The van der Waals surface area contributed by atoms with Crippen LogP contribution in [0.15, 0.2) is 59.2 Å².